The molecule has 190 valence electrons. The number of nitrogens with one attached hydrogen (secondary N) is 1. The third-order valence-electron chi connectivity index (χ3n) is 5.73. The zero-order valence-electron chi connectivity index (χ0n) is 20.2. The van der Waals surface area contributed by atoms with E-state index in [0.29, 0.717) is 29.2 Å². The lowest BCUT2D eigenvalue weighted by molar-refractivity contribution is -0.144. The smallest absolute Gasteiger partial charge is 0.416 e. The number of nitrogens with zero attached hydrogens (tertiary/aromatic N) is 2. The third kappa shape index (κ3) is 6.94. The van der Waals surface area contributed by atoms with Gasteiger partial charge in [-0.3, -0.25) is 0 Å². The fraction of sp³-hybridized carbons (Fsp3) is 0.207. The minimum atomic E-state index is -4.43. The van der Waals surface area contributed by atoms with Crippen LogP contribution >= 0.6 is 0 Å². The summed E-state index contributed by atoms with van der Waals surface area (Å²) in [7, 11) is 0. The summed E-state index contributed by atoms with van der Waals surface area (Å²) in [6, 6.07) is 23.3. The molecule has 1 heterocycles. The highest BCUT2D eigenvalue weighted by molar-refractivity contribution is 5.79. The summed E-state index contributed by atoms with van der Waals surface area (Å²) in [5.41, 5.74) is 3.05. The van der Waals surface area contributed by atoms with Gasteiger partial charge < -0.3 is 10.1 Å². The molecular formula is C29H26F3N3O2. The normalized spacial score (nSPS) is 12.1. The number of hydrogen-bond acceptors (Lipinski definition) is 5. The van der Waals surface area contributed by atoms with E-state index in [0.717, 1.165) is 23.3 Å². The van der Waals surface area contributed by atoms with E-state index in [1.807, 2.05) is 60.7 Å². The Morgan fingerprint density at radius 3 is 2.19 bits per heavy atom. The summed E-state index contributed by atoms with van der Waals surface area (Å²) < 4.78 is 44.2. The quantitative estimate of drug-likeness (QED) is 0.269. The molecule has 0 aliphatic rings. The van der Waals surface area contributed by atoms with Crippen molar-refractivity contribution in [2.75, 3.05) is 11.9 Å². The van der Waals surface area contributed by atoms with E-state index in [1.165, 1.54) is 12.1 Å². The van der Waals surface area contributed by atoms with Crippen molar-refractivity contribution in [1.82, 2.24) is 9.97 Å². The second kappa shape index (κ2) is 11.7. The molecule has 0 amide bonds. The van der Waals surface area contributed by atoms with Crippen molar-refractivity contribution in [2.24, 2.45) is 0 Å². The summed E-state index contributed by atoms with van der Waals surface area (Å²) in [5.74, 6) is -0.115. The first-order valence-corrected chi connectivity index (χ1v) is 11.9. The van der Waals surface area contributed by atoms with Gasteiger partial charge in [0.05, 0.1) is 29.8 Å². The highest BCUT2D eigenvalue weighted by Crippen LogP contribution is 2.29. The number of aromatic nitrogens is 2. The molecular weight excluding hydrogens is 479 g/mol. The van der Waals surface area contributed by atoms with Crippen molar-refractivity contribution < 1.29 is 22.7 Å². The minimum absolute atomic E-state index is 0.115. The first-order valence-electron chi connectivity index (χ1n) is 11.9. The Labute approximate surface area is 213 Å². The van der Waals surface area contributed by atoms with Crippen LogP contribution in [0.15, 0.2) is 91.1 Å². The highest BCUT2D eigenvalue weighted by atomic mass is 19.4. The lowest BCUT2D eigenvalue weighted by Crippen LogP contribution is -2.34. The molecule has 5 nitrogen and oxygen atoms in total. The van der Waals surface area contributed by atoms with E-state index < -0.39 is 23.8 Å². The molecule has 37 heavy (non-hydrogen) atoms. The Morgan fingerprint density at radius 1 is 0.919 bits per heavy atom. The van der Waals surface area contributed by atoms with E-state index in [4.69, 9.17) is 9.72 Å². The van der Waals surface area contributed by atoms with Crippen molar-refractivity contribution in [2.45, 2.75) is 32.0 Å². The van der Waals surface area contributed by atoms with Gasteiger partial charge in [0.25, 0.3) is 0 Å². The number of halogens is 3. The zero-order valence-corrected chi connectivity index (χ0v) is 20.2. The topological polar surface area (TPSA) is 64.1 Å². The van der Waals surface area contributed by atoms with Crippen molar-refractivity contribution >= 4 is 11.8 Å². The molecule has 0 bridgehead atoms. The van der Waals surface area contributed by atoms with Crippen molar-refractivity contribution in [1.29, 1.82) is 0 Å². The first-order chi connectivity index (χ1) is 17.8. The van der Waals surface area contributed by atoms with Crippen molar-refractivity contribution in [3.63, 3.8) is 0 Å². The summed E-state index contributed by atoms with van der Waals surface area (Å²) in [6.45, 7) is 1.86. The van der Waals surface area contributed by atoms with E-state index >= 15 is 0 Å². The summed E-state index contributed by atoms with van der Waals surface area (Å²) in [4.78, 5) is 22.3. The molecule has 0 spiro atoms. The Balaban J connectivity index is 1.65. The third-order valence-corrected chi connectivity index (χ3v) is 5.73. The molecule has 0 fully saturated rings. The predicted molar refractivity (Wildman–Crippen MR) is 136 cm³/mol. The van der Waals surface area contributed by atoms with Gasteiger partial charge >= 0.3 is 12.1 Å². The van der Waals surface area contributed by atoms with Gasteiger partial charge in [0.2, 0.25) is 0 Å². The maximum atomic E-state index is 13.0. The van der Waals surface area contributed by atoms with Crippen LogP contribution in [-0.4, -0.2) is 28.6 Å². The van der Waals surface area contributed by atoms with Gasteiger partial charge in [-0.05, 0) is 30.2 Å². The summed E-state index contributed by atoms with van der Waals surface area (Å²) in [5, 5.41) is 3.15. The Morgan fingerprint density at radius 2 is 1.57 bits per heavy atom. The number of esters is 1. The van der Waals surface area contributed by atoms with Crippen LogP contribution < -0.4 is 5.32 Å². The molecule has 4 rings (SSSR count). The number of alkyl halides is 3. The monoisotopic (exact) mass is 505 g/mol. The number of benzene rings is 3. The molecule has 0 aliphatic heterocycles. The van der Waals surface area contributed by atoms with Gasteiger partial charge in [0.15, 0.2) is 0 Å². The fourth-order valence-electron chi connectivity index (χ4n) is 3.88. The largest absolute Gasteiger partial charge is 0.464 e. The van der Waals surface area contributed by atoms with Gasteiger partial charge in [-0.1, -0.05) is 72.8 Å². The Kier molecular flexibility index (Phi) is 8.18. The number of ether oxygens (including phenoxy) is 1. The molecule has 1 aromatic heterocycles. The average Bonchev–Trinajstić information content (AvgIpc) is 2.90. The molecule has 0 aliphatic carbocycles. The van der Waals surface area contributed by atoms with Crippen LogP contribution in [-0.2, 0) is 28.5 Å². The van der Waals surface area contributed by atoms with Crippen LogP contribution in [0.2, 0.25) is 0 Å². The maximum Gasteiger partial charge on any atom is 0.416 e. The summed E-state index contributed by atoms with van der Waals surface area (Å²) in [6.07, 6.45) is -2.22. The maximum absolute atomic E-state index is 13.0. The Bertz CT molecular complexity index is 1310. The molecule has 4 aromatic rings. The number of rotatable bonds is 9. The molecule has 8 heteroatoms. The van der Waals surface area contributed by atoms with Gasteiger partial charge in [0, 0.05) is 18.4 Å². The number of anilines is 1. The zero-order chi connectivity index (χ0) is 26.3. The molecule has 1 atom stereocenters. The fourth-order valence-corrected chi connectivity index (χ4v) is 3.88. The SMILES string of the molecule is CCOC(=O)C(Cc1ccc(C(F)(F)F)cc1)Nc1ncc(-c2ccccc2)nc1Cc1ccccc1. The van der Waals surface area contributed by atoms with E-state index in [1.54, 1.807) is 13.1 Å². The van der Waals surface area contributed by atoms with Crippen LogP contribution in [0.3, 0.4) is 0 Å². The number of carbonyl (C=O) groups is 1. The highest BCUT2D eigenvalue weighted by Gasteiger charge is 2.30. The van der Waals surface area contributed by atoms with Crippen LogP contribution in [0.1, 0.15) is 29.3 Å². The molecule has 0 saturated heterocycles. The molecule has 3 aromatic carbocycles. The standard InChI is InChI=1S/C29H26F3N3O2/c1-2-37-28(36)25(18-21-13-15-23(16-14-21)29(30,31)32)35-27-24(17-20-9-5-3-6-10-20)34-26(19-33-27)22-11-7-4-8-12-22/h3-16,19,25H,2,17-18H2,1H3,(H,33,35). The minimum Gasteiger partial charge on any atom is -0.464 e. The predicted octanol–water partition coefficient (Wildman–Crippen LogP) is 6.34. The number of hydrogen-bond donors (Lipinski definition) is 1. The van der Waals surface area contributed by atoms with Crippen molar-refractivity contribution in [3.8, 4) is 11.3 Å². The Hall–Kier alpha value is -4.20. The van der Waals surface area contributed by atoms with E-state index in [2.05, 4.69) is 10.3 Å². The van der Waals surface area contributed by atoms with Gasteiger partial charge in [-0.15, -0.1) is 0 Å². The van der Waals surface area contributed by atoms with Gasteiger partial charge in [-0.2, -0.15) is 13.2 Å². The van der Waals surface area contributed by atoms with E-state index in [-0.39, 0.29) is 13.0 Å². The second-order valence-corrected chi connectivity index (χ2v) is 8.43. The lowest BCUT2D eigenvalue weighted by atomic mass is 10.0. The molecule has 0 saturated carbocycles. The van der Waals surface area contributed by atoms with Crippen molar-refractivity contribution in [3.05, 3.63) is 114 Å². The van der Waals surface area contributed by atoms with Crippen LogP contribution in [0.5, 0.6) is 0 Å². The molecule has 1 N–H and O–H groups in total. The van der Waals surface area contributed by atoms with Crippen LogP contribution in [0, 0.1) is 0 Å². The lowest BCUT2D eigenvalue weighted by Gasteiger charge is -2.20. The number of carbonyl (C=O) groups excluding carboxylic acids is 1. The average molecular weight is 506 g/mol. The van der Waals surface area contributed by atoms with Crippen LogP contribution in [0.4, 0.5) is 19.0 Å². The molecule has 1 unspecified atom stereocenters. The first kappa shape index (κ1) is 25.9. The summed E-state index contributed by atoms with van der Waals surface area (Å²) >= 11 is 0. The van der Waals surface area contributed by atoms with Crippen LogP contribution in [0.25, 0.3) is 11.3 Å². The van der Waals surface area contributed by atoms with Gasteiger partial charge in [-0.25, -0.2) is 14.8 Å². The van der Waals surface area contributed by atoms with Gasteiger partial charge in [0.1, 0.15) is 11.9 Å². The van der Waals surface area contributed by atoms with E-state index in [9.17, 15) is 18.0 Å². The second-order valence-electron chi connectivity index (χ2n) is 8.43. The molecule has 0 radical (unpaired) electrons.